The van der Waals surface area contributed by atoms with Crippen LogP contribution in [-0.4, -0.2) is 54.4 Å². The van der Waals surface area contributed by atoms with Gasteiger partial charge in [-0.3, -0.25) is 4.48 Å². The van der Waals surface area contributed by atoms with Crippen LogP contribution < -0.4 is 5.32 Å². The molecule has 100 valence electrons. The molecular weight excluding hydrogens is 226 g/mol. The maximum atomic E-state index is 8.69. The van der Waals surface area contributed by atoms with Crippen molar-refractivity contribution in [2.45, 2.75) is 19.0 Å². The van der Waals surface area contributed by atoms with Crippen LogP contribution in [0.3, 0.4) is 0 Å². The van der Waals surface area contributed by atoms with Crippen LogP contribution in [0.5, 0.6) is 0 Å². The highest BCUT2D eigenvalue weighted by molar-refractivity contribution is 5.08. The molecule has 0 fully saturated rings. The topological polar surface area (TPSA) is 35.5 Å². The molecule has 1 rings (SSSR count). The van der Waals surface area contributed by atoms with Gasteiger partial charge in [0.15, 0.2) is 0 Å². The molecule has 18 heavy (non-hydrogen) atoms. The second-order valence-electron chi connectivity index (χ2n) is 4.89. The molecule has 1 heterocycles. The first-order valence-corrected chi connectivity index (χ1v) is 6.35. The van der Waals surface area contributed by atoms with E-state index in [4.69, 9.17) is 5.11 Å². The monoisotopic (exact) mass is 250 g/mol. The first kappa shape index (κ1) is 14.6. The zero-order valence-electron chi connectivity index (χ0n) is 11.4. The Morgan fingerprint density at radius 1 is 1.56 bits per heavy atom. The molecule has 1 aliphatic rings. The number of aliphatic hydroxyl groups is 1. The highest BCUT2D eigenvalue weighted by Crippen LogP contribution is 2.20. The van der Waals surface area contributed by atoms with E-state index < -0.39 is 0 Å². The molecule has 0 aromatic carbocycles. The van der Waals surface area contributed by atoms with Crippen molar-refractivity contribution in [2.75, 3.05) is 33.8 Å². The number of allylic oxidation sites excluding steroid dienone is 1. The third-order valence-corrected chi connectivity index (χ3v) is 2.94. The van der Waals surface area contributed by atoms with E-state index in [1.807, 2.05) is 6.08 Å². The minimum atomic E-state index is 0.110. The number of hydrogen-bond donors (Lipinski definition) is 2. The quantitative estimate of drug-likeness (QED) is 0.239. The van der Waals surface area contributed by atoms with Crippen molar-refractivity contribution in [3.63, 3.8) is 0 Å². The van der Waals surface area contributed by atoms with E-state index in [9.17, 15) is 0 Å². The molecule has 1 atom stereocenters. The van der Waals surface area contributed by atoms with Crippen LogP contribution >= 0.6 is 0 Å². The van der Waals surface area contributed by atoms with Gasteiger partial charge in [-0.2, -0.15) is 0 Å². The zero-order valence-corrected chi connectivity index (χ0v) is 11.4. The molecule has 4 nitrogen and oxygen atoms in total. The summed E-state index contributed by atoms with van der Waals surface area (Å²) in [6.07, 6.45) is 8.48. The molecule has 0 saturated carbocycles. The summed E-state index contributed by atoms with van der Waals surface area (Å²) in [5, 5.41) is 11.6. The Hall–Kier alpha value is -1.44. The van der Waals surface area contributed by atoms with Crippen LogP contribution in [0.25, 0.3) is 0 Å². The molecule has 1 aliphatic heterocycles. The van der Waals surface area contributed by atoms with Gasteiger partial charge in [0.1, 0.15) is 6.20 Å². The van der Waals surface area contributed by atoms with Gasteiger partial charge in [-0.05, 0) is 12.8 Å². The Kier molecular flexibility index (Phi) is 5.76. The Balaban J connectivity index is 2.56. The van der Waals surface area contributed by atoms with Gasteiger partial charge in [-0.25, -0.2) is 0 Å². The fraction of sp³-hybridized carbons (Fsp3) is 0.571. The molecular formula is C14H24N3O+. The van der Waals surface area contributed by atoms with E-state index in [-0.39, 0.29) is 12.8 Å². The molecule has 0 saturated heterocycles. The average Bonchev–Trinajstić information content (AvgIpc) is 2.61. The molecule has 2 N–H and O–H groups in total. The third-order valence-electron chi connectivity index (χ3n) is 2.94. The van der Waals surface area contributed by atoms with E-state index in [1.165, 1.54) is 0 Å². The summed E-state index contributed by atoms with van der Waals surface area (Å²) < 4.78 is 0.738. The van der Waals surface area contributed by atoms with Gasteiger partial charge in [0, 0.05) is 25.1 Å². The minimum absolute atomic E-state index is 0.110. The first-order chi connectivity index (χ1) is 8.61. The number of aliphatic hydroxyl groups excluding tert-OH is 1. The summed E-state index contributed by atoms with van der Waals surface area (Å²) in [6, 6.07) is 2.93. The maximum absolute atomic E-state index is 8.69. The Morgan fingerprint density at radius 2 is 2.33 bits per heavy atom. The van der Waals surface area contributed by atoms with E-state index >= 15 is 0 Å². The largest absolute Gasteiger partial charge is 0.395 e. The van der Waals surface area contributed by atoms with Crippen molar-refractivity contribution in [3.05, 3.63) is 25.1 Å². The summed E-state index contributed by atoms with van der Waals surface area (Å²) in [5.74, 6) is 3.22. The van der Waals surface area contributed by atoms with E-state index in [0.717, 1.165) is 23.9 Å². The summed E-state index contributed by atoms with van der Waals surface area (Å²) >= 11 is 0. The Labute approximate surface area is 110 Å². The standard InChI is InChI=1S/C14H24N3O/c1-4-5-6-10-16-11-12-17(2,3)14(16)7-8-15-9-13-18/h4,11-12,14-15,18H,1,5-6,9-10,13H2,2-3H3/q+1. The SMILES string of the molecule is C=CCCCN1C=C[N+](C)(C)C1C#CNCCO. The predicted molar refractivity (Wildman–Crippen MR) is 74.0 cm³/mol. The first-order valence-electron chi connectivity index (χ1n) is 6.35. The van der Waals surface area contributed by atoms with Gasteiger partial charge in [0.05, 0.1) is 26.9 Å². The van der Waals surface area contributed by atoms with Crippen LogP contribution in [0.4, 0.5) is 0 Å². The average molecular weight is 250 g/mol. The van der Waals surface area contributed by atoms with Crippen molar-refractivity contribution in [1.82, 2.24) is 10.2 Å². The molecule has 0 spiro atoms. The lowest BCUT2D eigenvalue weighted by Gasteiger charge is -2.30. The molecule has 0 aliphatic carbocycles. The van der Waals surface area contributed by atoms with Crippen molar-refractivity contribution in [1.29, 1.82) is 0 Å². The van der Waals surface area contributed by atoms with Crippen molar-refractivity contribution >= 4 is 0 Å². The number of nitrogens with one attached hydrogen (secondary N) is 1. The zero-order chi connectivity index (χ0) is 13.4. The lowest BCUT2D eigenvalue weighted by Crippen LogP contribution is -2.47. The lowest BCUT2D eigenvalue weighted by atomic mass is 10.3. The summed E-state index contributed by atoms with van der Waals surface area (Å²) in [7, 11) is 4.27. The maximum Gasteiger partial charge on any atom is 0.233 e. The van der Waals surface area contributed by atoms with Crippen molar-refractivity contribution < 1.29 is 9.59 Å². The Bertz CT molecular complexity index is 352. The molecule has 0 aromatic rings. The van der Waals surface area contributed by atoms with Gasteiger partial charge >= 0.3 is 0 Å². The number of rotatable bonds is 6. The summed E-state index contributed by atoms with van der Waals surface area (Å²) in [6.45, 7) is 5.35. The fourth-order valence-electron chi connectivity index (χ4n) is 1.90. The second-order valence-corrected chi connectivity index (χ2v) is 4.89. The molecule has 4 heteroatoms. The van der Waals surface area contributed by atoms with E-state index in [0.29, 0.717) is 6.54 Å². The third kappa shape index (κ3) is 4.10. The summed E-state index contributed by atoms with van der Waals surface area (Å²) in [5.41, 5.74) is 0. The van der Waals surface area contributed by atoms with Gasteiger partial charge in [-0.1, -0.05) is 6.08 Å². The normalized spacial score (nSPS) is 20.4. The van der Waals surface area contributed by atoms with Crippen LogP contribution in [0.2, 0.25) is 0 Å². The highest BCUT2D eigenvalue weighted by Gasteiger charge is 2.34. The van der Waals surface area contributed by atoms with Crippen LogP contribution in [0, 0.1) is 12.0 Å². The lowest BCUT2D eigenvalue weighted by molar-refractivity contribution is -0.859. The van der Waals surface area contributed by atoms with E-state index in [2.05, 4.69) is 55.3 Å². The fourth-order valence-corrected chi connectivity index (χ4v) is 1.90. The van der Waals surface area contributed by atoms with Crippen molar-refractivity contribution in [3.8, 4) is 12.0 Å². The number of nitrogens with zero attached hydrogens (tertiary/aromatic N) is 2. The number of hydrogen-bond acceptors (Lipinski definition) is 3. The van der Waals surface area contributed by atoms with Gasteiger partial charge < -0.3 is 15.3 Å². The van der Waals surface area contributed by atoms with Crippen molar-refractivity contribution in [2.24, 2.45) is 0 Å². The van der Waals surface area contributed by atoms with Gasteiger partial charge in [0.25, 0.3) is 0 Å². The summed E-state index contributed by atoms with van der Waals surface area (Å²) in [4.78, 5) is 2.26. The molecule has 0 bridgehead atoms. The predicted octanol–water partition coefficient (Wildman–Crippen LogP) is 0.685. The van der Waals surface area contributed by atoms with Crippen LogP contribution in [0.15, 0.2) is 25.1 Å². The van der Waals surface area contributed by atoms with Gasteiger partial charge in [0.2, 0.25) is 6.17 Å². The number of unbranched alkanes of at least 4 members (excludes halogenated alkanes) is 1. The van der Waals surface area contributed by atoms with Gasteiger partial charge in [-0.15, -0.1) is 6.58 Å². The Morgan fingerprint density at radius 3 is 3.00 bits per heavy atom. The van der Waals surface area contributed by atoms with Crippen LogP contribution in [0.1, 0.15) is 12.8 Å². The molecule has 0 amide bonds. The molecule has 1 unspecified atom stereocenters. The minimum Gasteiger partial charge on any atom is -0.395 e. The molecule has 0 radical (unpaired) electrons. The second kappa shape index (κ2) is 7.10. The smallest absolute Gasteiger partial charge is 0.233 e. The highest BCUT2D eigenvalue weighted by atomic mass is 16.3. The van der Waals surface area contributed by atoms with Crippen LogP contribution in [-0.2, 0) is 0 Å². The van der Waals surface area contributed by atoms with E-state index in [1.54, 1.807) is 0 Å². The number of quaternary nitrogens is 1. The molecule has 0 aromatic heterocycles.